The lowest BCUT2D eigenvalue weighted by Crippen LogP contribution is -2.47. The highest BCUT2D eigenvalue weighted by atomic mass is 35.5. The van der Waals surface area contributed by atoms with Gasteiger partial charge < -0.3 is 10.2 Å². The molecule has 28 heavy (non-hydrogen) atoms. The van der Waals surface area contributed by atoms with E-state index in [1.54, 1.807) is 17.0 Å². The average molecular weight is 395 g/mol. The van der Waals surface area contributed by atoms with Crippen LogP contribution >= 0.6 is 11.6 Å². The maximum absolute atomic E-state index is 13.3. The van der Waals surface area contributed by atoms with Gasteiger partial charge in [0.25, 0.3) is 5.91 Å². The Morgan fingerprint density at radius 3 is 2.75 bits per heavy atom. The average Bonchev–Trinajstić information content (AvgIpc) is 2.71. The number of unbranched alkanes of at least 4 members (excludes halogenated alkanes) is 1. The van der Waals surface area contributed by atoms with Crippen LogP contribution in [0.15, 0.2) is 48.5 Å². The molecular formula is C23H23ClN2O2. The lowest BCUT2D eigenvalue weighted by Gasteiger charge is -2.42. The Bertz CT molecular complexity index is 919. The number of nitrogens with zero attached hydrogens (tertiary/aromatic N) is 1. The second kappa shape index (κ2) is 8.95. The van der Waals surface area contributed by atoms with Gasteiger partial charge in [-0.1, -0.05) is 61.2 Å². The van der Waals surface area contributed by atoms with Gasteiger partial charge in [0.1, 0.15) is 0 Å². The number of carbonyl (C=O) groups excluding carboxylic acids is 2. The molecular weight excluding hydrogens is 372 g/mol. The van der Waals surface area contributed by atoms with Gasteiger partial charge in [-0.25, -0.2) is 0 Å². The molecule has 0 aromatic heterocycles. The Labute approximate surface area is 170 Å². The summed E-state index contributed by atoms with van der Waals surface area (Å²) in [5, 5.41) is 3.37. The molecule has 0 aliphatic carbocycles. The van der Waals surface area contributed by atoms with Crippen LogP contribution in [0.25, 0.3) is 0 Å². The third-order valence-corrected chi connectivity index (χ3v) is 5.26. The topological polar surface area (TPSA) is 49.4 Å². The van der Waals surface area contributed by atoms with Crippen LogP contribution in [0.4, 0.5) is 0 Å². The molecule has 0 radical (unpaired) electrons. The molecule has 1 heterocycles. The number of hydrogen-bond acceptors (Lipinski definition) is 2. The molecule has 0 spiro atoms. The zero-order valence-corrected chi connectivity index (χ0v) is 16.6. The van der Waals surface area contributed by atoms with E-state index in [2.05, 4.69) is 18.2 Å². The standard InChI is InChI=1S/C23H23ClN2O2/c1-3-5-14-26-21(16-9-8-10-17(24)15-16)20(22(27)25-13-4-2)18-11-6-7-12-19(18)23(26)28/h2,6-12,15,20-21H,3,5,13-14H2,1H3,(H,25,27). The van der Waals surface area contributed by atoms with Crippen molar-refractivity contribution in [3.8, 4) is 12.3 Å². The number of rotatable bonds is 6. The smallest absolute Gasteiger partial charge is 0.254 e. The fourth-order valence-electron chi connectivity index (χ4n) is 3.76. The fraction of sp³-hybridized carbons (Fsp3) is 0.304. The Hall–Kier alpha value is -2.77. The number of amides is 2. The van der Waals surface area contributed by atoms with Gasteiger partial charge in [0, 0.05) is 17.1 Å². The van der Waals surface area contributed by atoms with Crippen LogP contribution in [-0.2, 0) is 4.79 Å². The molecule has 3 rings (SSSR count). The van der Waals surface area contributed by atoms with E-state index in [0.717, 1.165) is 24.0 Å². The number of fused-ring (bicyclic) bond motifs is 1. The first kappa shape index (κ1) is 20.0. The highest BCUT2D eigenvalue weighted by Gasteiger charge is 2.43. The molecule has 1 aliphatic heterocycles. The normalized spacial score (nSPS) is 18.3. The van der Waals surface area contributed by atoms with Crippen LogP contribution in [0.5, 0.6) is 0 Å². The van der Waals surface area contributed by atoms with Crippen LogP contribution in [0, 0.1) is 12.3 Å². The maximum Gasteiger partial charge on any atom is 0.254 e. The van der Waals surface area contributed by atoms with Crippen molar-refractivity contribution in [2.45, 2.75) is 31.7 Å². The molecule has 4 nitrogen and oxygen atoms in total. The van der Waals surface area contributed by atoms with Gasteiger partial charge in [0.15, 0.2) is 0 Å². The van der Waals surface area contributed by atoms with Gasteiger partial charge in [-0.2, -0.15) is 0 Å². The summed E-state index contributed by atoms with van der Waals surface area (Å²) in [6, 6.07) is 14.2. The van der Waals surface area contributed by atoms with Crippen molar-refractivity contribution in [3.05, 3.63) is 70.2 Å². The number of hydrogen-bond donors (Lipinski definition) is 1. The predicted octanol–water partition coefficient (Wildman–Crippen LogP) is 4.17. The van der Waals surface area contributed by atoms with E-state index in [0.29, 0.717) is 17.1 Å². The van der Waals surface area contributed by atoms with Crippen LogP contribution in [0.3, 0.4) is 0 Å². The Morgan fingerprint density at radius 2 is 2.04 bits per heavy atom. The summed E-state index contributed by atoms with van der Waals surface area (Å²) >= 11 is 6.23. The van der Waals surface area contributed by atoms with E-state index in [-0.39, 0.29) is 18.4 Å². The largest absolute Gasteiger partial charge is 0.345 e. The SMILES string of the molecule is C#CCNC(=O)C1c2ccccc2C(=O)N(CCCC)C1c1cccc(Cl)c1. The Balaban J connectivity index is 2.16. The van der Waals surface area contributed by atoms with Gasteiger partial charge in [-0.3, -0.25) is 9.59 Å². The number of carbonyl (C=O) groups is 2. The molecule has 2 aromatic carbocycles. The highest BCUT2D eigenvalue weighted by Crippen LogP contribution is 2.43. The van der Waals surface area contributed by atoms with Crippen molar-refractivity contribution in [2.75, 3.05) is 13.1 Å². The van der Waals surface area contributed by atoms with Gasteiger partial charge in [-0.15, -0.1) is 6.42 Å². The van der Waals surface area contributed by atoms with Crippen molar-refractivity contribution < 1.29 is 9.59 Å². The Kier molecular flexibility index (Phi) is 6.38. The first-order valence-electron chi connectivity index (χ1n) is 9.45. The van der Waals surface area contributed by atoms with E-state index in [4.69, 9.17) is 18.0 Å². The molecule has 2 atom stereocenters. The van der Waals surface area contributed by atoms with E-state index in [1.807, 2.05) is 36.4 Å². The summed E-state index contributed by atoms with van der Waals surface area (Å²) in [5.74, 6) is 1.64. The van der Waals surface area contributed by atoms with Crippen molar-refractivity contribution >= 4 is 23.4 Å². The van der Waals surface area contributed by atoms with E-state index in [9.17, 15) is 9.59 Å². The second-order valence-electron chi connectivity index (χ2n) is 6.84. The van der Waals surface area contributed by atoms with Crippen molar-refractivity contribution in [1.82, 2.24) is 10.2 Å². The minimum Gasteiger partial charge on any atom is -0.345 e. The summed E-state index contributed by atoms with van der Waals surface area (Å²) < 4.78 is 0. The fourth-order valence-corrected chi connectivity index (χ4v) is 3.96. The van der Waals surface area contributed by atoms with Gasteiger partial charge in [-0.05, 0) is 35.7 Å². The maximum atomic E-state index is 13.3. The number of halogens is 1. The minimum atomic E-state index is -0.558. The number of terminal acetylenes is 1. The number of nitrogens with one attached hydrogen (secondary N) is 1. The zero-order valence-electron chi connectivity index (χ0n) is 15.8. The van der Waals surface area contributed by atoms with Crippen LogP contribution < -0.4 is 5.32 Å². The Morgan fingerprint density at radius 1 is 1.25 bits per heavy atom. The molecule has 2 amide bonds. The van der Waals surface area contributed by atoms with Crippen molar-refractivity contribution in [2.24, 2.45) is 0 Å². The molecule has 5 heteroatoms. The lowest BCUT2D eigenvalue weighted by atomic mass is 9.79. The van der Waals surface area contributed by atoms with Crippen molar-refractivity contribution in [1.29, 1.82) is 0 Å². The zero-order chi connectivity index (χ0) is 20.1. The summed E-state index contributed by atoms with van der Waals surface area (Å²) in [5.41, 5.74) is 2.13. The van der Waals surface area contributed by atoms with E-state index < -0.39 is 12.0 Å². The first-order chi connectivity index (χ1) is 13.6. The number of benzene rings is 2. The highest BCUT2D eigenvalue weighted by molar-refractivity contribution is 6.30. The summed E-state index contributed by atoms with van der Waals surface area (Å²) in [4.78, 5) is 28.2. The molecule has 0 bridgehead atoms. The summed E-state index contributed by atoms with van der Waals surface area (Å²) in [6.07, 6.45) is 7.13. The molecule has 1 aliphatic rings. The van der Waals surface area contributed by atoms with Crippen molar-refractivity contribution in [3.63, 3.8) is 0 Å². The molecule has 0 fully saturated rings. The predicted molar refractivity (Wildman–Crippen MR) is 111 cm³/mol. The van der Waals surface area contributed by atoms with Gasteiger partial charge in [0.05, 0.1) is 18.5 Å². The van der Waals surface area contributed by atoms with Gasteiger partial charge in [0.2, 0.25) is 5.91 Å². The van der Waals surface area contributed by atoms with Crippen LogP contribution in [-0.4, -0.2) is 29.8 Å². The summed E-state index contributed by atoms with van der Waals surface area (Å²) in [6.45, 7) is 2.79. The first-order valence-corrected chi connectivity index (χ1v) is 9.82. The quantitative estimate of drug-likeness (QED) is 0.747. The molecule has 144 valence electrons. The summed E-state index contributed by atoms with van der Waals surface area (Å²) in [7, 11) is 0. The molecule has 2 aromatic rings. The molecule has 2 unspecified atom stereocenters. The van der Waals surface area contributed by atoms with E-state index >= 15 is 0 Å². The third kappa shape index (κ3) is 3.90. The van der Waals surface area contributed by atoms with Crippen LogP contribution in [0.1, 0.15) is 53.2 Å². The second-order valence-corrected chi connectivity index (χ2v) is 7.28. The monoisotopic (exact) mass is 394 g/mol. The molecule has 0 saturated carbocycles. The lowest BCUT2D eigenvalue weighted by molar-refractivity contribution is -0.124. The van der Waals surface area contributed by atoms with Gasteiger partial charge >= 0.3 is 0 Å². The molecule has 1 N–H and O–H groups in total. The minimum absolute atomic E-state index is 0.0602. The van der Waals surface area contributed by atoms with Crippen LogP contribution in [0.2, 0.25) is 5.02 Å². The van der Waals surface area contributed by atoms with E-state index in [1.165, 1.54) is 0 Å². The third-order valence-electron chi connectivity index (χ3n) is 5.03. The molecule has 0 saturated heterocycles.